The van der Waals surface area contributed by atoms with Crippen molar-refractivity contribution in [1.29, 1.82) is 0 Å². The zero-order chi connectivity index (χ0) is 15.9. The Balaban J connectivity index is 2.04. The van der Waals surface area contributed by atoms with Crippen molar-refractivity contribution in [3.05, 3.63) is 35.0 Å². The average molecular weight is 301 g/mol. The van der Waals surface area contributed by atoms with E-state index < -0.39 is 6.04 Å². The van der Waals surface area contributed by atoms with E-state index in [-0.39, 0.29) is 5.97 Å². The highest BCUT2D eigenvalue weighted by Crippen LogP contribution is 2.30. The molecule has 1 aliphatic heterocycles. The van der Waals surface area contributed by atoms with Gasteiger partial charge in [-0.15, -0.1) is 0 Å². The molecule has 1 aromatic heterocycles. The fraction of sp³-hybridized carbons (Fsp3) is 0.471. The van der Waals surface area contributed by atoms with Crippen molar-refractivity contribution in [3.63, 3.8) is 0 Å². The Hall–Kier alpha value is -1.85. The third-order valence-electron chi connectivity index (χ3n) is 4.45. The van der Waals surface area contributed by atoms with Gasteiger partial charge in [0.1, 0.15) is 6.04 Å². The zero-order valence-corrected chi connectivity index (χ0v) is 13.4. The van der Waals surface area contributed by atoms with Gasteiger partial charge in [0.25, 0.3) is 0 Å². The molecule has 0 saturated carbocycles. The molecule has 1 aliphatic rings. The molecular weight excluding hydrogens is 278 g/mol. The molecule has 0 saturated heterocycles. The van der Waals surface area contributed by atoms with Gasteiger partial charge in [-0.1, -0.05) is 0 Å². The van der Waals surface area contributed by atoms with Crippen molar-refractivity contribution in [2.45, 2.75) is 39.0 Å². The highest BCUT2D eigenvalue weighted by atomic mass is 16.5. The standard InChI is InChI=1S/C17H23N3O2/c1-4-20-10-13(6-15(18)17(21)22-3)14-5-11-8-19(2)9-12(11)7-16(14)20/h5,7,10,15H,4,6,8-9,18H2,1-3H3. The minimum atomic E-state index is -0.614. The van der Waals surface area contributed by atoms with Gasteiger partial charge in [-0.05, 0) is 42.8 Å². The summed E-state index contributed by atoms with van der Waals surface area (Å²) in [5, 5.41) is 1.20. The molecule has 5 nitrogen and oxygen atoms in total. The molecular formula is C17H23N3O2. The third-order valence-corrected chi connectivity index (χ3v) is 4.45. The number of carbonyl (C=O) groups excluding carboxylic acids is 1. The first-order valence-corrected chi connectivity index (χ1v) is 7.69. The maximum atomic E-state index is 11.6. The van der Waals surface area contributed by atoms with Gasteiger partial charge in [0.2, 0.25) is 0 Å². The van der Waals surface area contributed by atoms with Crippen molar-refractivity contribution in [2.24, 2.45) is 5.73 Å². The van der Waals surface area contributed by atoms with Crippen LogP contribution in [0.25, 0.3) is 10.9 Å². The van der Waals surface area contributed by atoms with Crippen molar-refractivity contribution in [3.8, 4) is 0 Å². The number of fused-ring (bicyclic) bond motifs is 2. The number of hydrogen-bond donors (Lipinski definition) is 1. The fourth-order valence-corrected chi connectivity index (χ4v) is 3.33. The zero-order valence-electron chi connectivity index (χ0n) is 13.4. The molecule has 0 fully saturated rings. The number of aryl methyl sites for hydroxylation is 1. The van der Waals surface area contributed by atoms with E-state index in [1.54, 1.807) is 0 Å². The Morgan fingerprint density at radius 3 is 2.68 bits per heavy atom. The molecule has 1 aromatic carbocycles. The number of hydrogen-bond acceptors (Lipinski definition) is 4. The Labute approximate surface area is 130 Å². The maximum absolute atomic E-state index is 11.6. The monoisotopic (exact) mass is 301 g/mol. The van der Waals surface area contributed by atoms with Gasteiger partial charge in [0.05, 0.1) is 7.11 Å². The molecule has 0 spiro atoms. The lowest BCUT2D eigenvalue weighted by Crippen LogP contribution is -2.33. The summed E-state index contributed by atoms with van der Waals surface area (Å²) in [6.45, 7) is 5.00. The van der Waals surface area contributed by atoms with Crippen LogP contribution in [0.5, 0.6) is 0 Å². The quantitative estimate of drug-likeness (QED) is 0.872. The van der Waals surface area contributed by atoms with Crippen LogP contribution in [0.3, 0.4) is 0 Å². The first-order chi connectivity index (χ1) is 10.5. The average Bonchev–Trinajstić information content (AvgIpc) is 3.03. The van der Waals surface area contributed by atoms with Crippen molar-refractivity contribution in [2.75, 3.05) is 14.2 Å². The van der Waals surface area contributed by atoms with Crippen LogP contribution in [-0.4, -0.2) is 35.6 Å². The normalized spacial score (nSPS) is 16.0. The van der Waals surface area contributed by atoms with E-state index in [1.807, 2.05) is 0 Å². The van der Waals surface area contributed by atoms with Gasteiger partial charge < -0.3 is 15.0 Å². The van der Waals surface area contributed by atoms with E-state index in [4.69, 9.17) is 10.5 Å². The number of nitrogens with zero attached hydrogens (tertiary/aromatic N) is 2. The maximum Gasteiger partial charge on any atom is 0.322 e. The number of benzene rings is 1. The molecule has 118 valence electrons. The largest absolute Gasteiger partial charge is 0.468 e. The molecule has 1 unspecified atom stereocenters. The van der Waals surface area contributed by atoms with Crippen LogP contribution in [0.2, 0.25) is 0 Å². The van der Waals surface area contributed by atoms with Gasteiger partial charge >= 0.3 is 5.97 Å². The minimum absolute atomic E-state index is 0.363. The molecule has 0 radical (unpaired) electrons. The lowest BCUT2D eigenvalue weighted by Gasteiger charge is -2.08. The molecule has 5 heteroatoms. The summed E-state index contributed by atoms with van der Waals surface area (Å²) in [4.78, 5) is 13.9. The lowest BCUT2D eigenvalue weighted by molar-refractivity contribution is -0.142. The summed E-state index contributed by atoms with van der Waals surface area (Å²) in [5.41, 5.74) is 11.1. The highest BCUT2D eigenvalue weighted by Gasteiger charge is 2.21. The second-order valence-corrected chi connectivity index (χ2v) is 6.08. The molecule has 1 atom stereocenters. The summed E-state index contributed by atoms with van der Waals surface area (Å²) < 4.78 is 6.97. The van der Waals surface area contributed by atoms with E-state index in [0.717, 1.165) is 25.2 Å². The number of methoxy groups -OCH3 is 1. The first-order valence-electron chi connectivity index (χ1n) is 7.69. The topological polar surface area (TPSA) is 60.5 Å². The van der Waals surface area contributed by atoms with Crippen LogP contribution in [0, 0.1) is 0 Å². The summed E-state index contributed by atoms with van der Waals surface area (Å²) in [5.74, 6) is -0.363. The van der Waals surface area contributed by atoms with Crippen molar-refractivity contribution >= 4 is 16.9 Å². The van der Waals surface area contributed by atoms with Crippen LogP contribution >= 0.6 is 0 Å². The first kappa shape index (κ1) is 15.1. The number of esters is 1. The molecule has 0 amide bonds. The smallest absolute Gasteiger partial charge is 0.322 e. The summed E-state index contributed by atoms with van der Waals surface area (Å²) in [6, 6.07) is 3.93. The number of nitrogens with two attached hydrogens (primary N) is 1. The Bertz CT molecular complexity index is 720. The second-order valence-electron chi connectivity index (χ2n) is 6.08. The number of ether oxygens (including phenoxy) is 1. The van der Waals surface area contributed by atoms with Gasteiger partial charge in [-0.2, -0.15) is 0 Å². The summed E-state index contributed by atoms with van der Waals surface area (Å²) in [6.07, 6.45) is 2.62. The number of aromatic nitrogens is 1. The van der Waals surface area contributed by atoms with E-state index in [2.05, 4.69) is 41.8 Å². The van der Waals surface area contributed by atoms with Crippen LogP contribution in [0.15, 0.2) is 18.3 Å². The fourth-order valence-electron chi connectivity index (χ4n) is 3.33. The molecule has 2 aromatic rings. The minimum Gasteiger partial charge on any atom is -0.468 e. The predicted molar refractivity (Wildman–Crippen MR) is 86.5 cm³/mol. The van der Waals surface area contributed by atoms with Crippen LogP contribution in [0.4, 0.5) is 0 Å². The molecule has 22 heavy (non-hydrogen) atoms. The van der Waals surface area contributed by atoms with E-state index >= 15 is 0 Å². The van der Waals surface area contributed by atoms with Crippen LogP contribution in [-0.2, 0) is 35.6 Å². The number of carbonyl (C=O) groups is 1. The SMILES string of the molecule is CCn1cc(CC(N)C(=O)OC)c2cc3c(cc21)CN(C)C3. The predicted octanol–water partition coefficient (Wildman–Crippen LogP) is 1.65. The molecule has 3 rings (SSSR count). The Kier molecular flexibility index (Phi) is 3.93. The van der Waals surface area contributed by atoms with Crippen molar-refractivity contribution in [1.82, 2.24) is 9.47 Å². The Morgan fingerprint density at radius 1 is 1.36 bits per heavy atom. The van der Waals surface area contributed by atoms with Gasteiger partial charge in [0, 0.05) is 43.2 Å². The molecule has 0 bridgehead atoms. The summed E-state index contributed by atoms with van der Waals surface area (Å²) in [7, 11) is 3.51. The molecule has 2 N–H and O–H groups in total. The van der Waals surface area contributed by atoms with Crippen LogP contribution < -0.4 is 5.73 Å². The second kappa shape index (κ2) is 5.74. The molecule has 0 aliphatic carbocycles. The van der Waals surface area contributed by atoms with Crippen LogP contribution in [0.1, 0.15) is 23.6 Å². The molecule has 2 heterocycles. The van der Waals surface area contributed by atoms with E-state index in [1.165, 1.54) is 29.1 Å². The van der Waals surface area contributed by atoms with E-state index in [0.29, 0.717) is 6.42 Å². The summed E-state index contributed by atoms with van der Waals surface area (Å²) >= 11 is 0. The third kappa shape index (κ3) is 2.51. The Morgan fingerprint density at radius 2 is 2.05 bits per heavy atom. The van der Waals surface area contributed by atoms with Crippen molar-refractivity contribution < 1.29 is 9.53 Å². The van der Waals surface area contributed by atoms with Gasteiger partial charge in [-0.3, -0.25) is 9.69 Å². The number of rotatable bonds is 4. The van der Waals surface area contributed by atoms with Gasteiger partial charge in [0.15, 0.2) is 0 Å². The highest BCUT2D eigenvalue weighted by molar-refractivity contribution is 5.87. The van der Waals surface area contributed by atoms with Gasteiger partial charge in [-0.25, -0.2) is 0 Å². The van der Waals surface area contributed by atoms with E-state index in [9.17, 15) is 4.79 Å². The lowest BCUT2D eigenvalue weighted by atomic mass is 10.0.